The number of amides is 2. The van der Waals surface area contributed by atoms with Gasteiger partial charge in [-0.3, -0.25) is 19.5 Å². The van der Waals surface area contributed by atoms with Crippen molar-refractivity contribution in [3.63, 3.8) is 0 Å². The number of carbonyl (C=O) groups is 2. The molecule has 3 heterocycles. The fraction of sp³-hybridized carbons (Fsp3) is 0.211. The lowest BCUT2D eigenvalue weighted by molar-refractivity contribution is -0.121. The maximum Gasteiger partial charge on any atom is 0.244 e. The molecule has 1 aliphatic rings. The normalized spacial score (nSPS) is 14.4. The molecule has 4 rings (SSSR count). The van der Waals surface area contributed by atoms with E-state index < -0.39 is 5.25 Å². The summed E-state index contributed by atoms with van der Waals surface area (Å²) >= 11 is 1.31. The van der Waals surface area contributed by atoms with Crippen LogP contribution in [-0.2, 0) is 16.6 Å². The number of para-hydroxylation sites is 2. The van der Waals surface area contributed by atoms with Crippen LogP contribution in [-0.4, -0.2) is 43.4 Å². The summed E-state index contributed by atoms with van der Waals surface area (Å²) in [5.74, 6) is 0.343. The molecule has 2 aromatic heterocycles. The highest BCUT2D eigenvalue weighted by atomic mass is 32.2. The number of nitrogens with one attached hydrogen (secondary N) is 1. The molecule has 0 unspecified atom stereocenters. The van der Waals surface area contributed by atoms with Crippen molar-refractivity contribution in [2.75, 3.05) is 16.8 Å². The van der Waals surface area contributed by atoms with Gasteiger partial charge in [0.15, 0.2) is 11.0 Å². The molecule has 0 aliphatic carbocycles. The van der Waals surface area contributed by atoms with Crippen molar-refractivity contribution in [1.82, 2.24) is 19.7 Å². The number of benzene rings is 1. The van der Waals surface area contributed by atoms with Crippen molar-refractivity contribution >= 4 is 35.0 Å². The van der Waals surface area contributed by atoms with E-state index in [-0.39, 0.29) is 18.4 Å². The molecule has 9 heteroatoms. The van der Waals surface area contributed by atoms with Gasteiger partial charge < -0.3 is 9.88 Å². The van der Waals surface area contributed by atoms with E-state index >= 15 is 0 Å². The summed E-state index contributed by atoms with van der Waals surface area (Å²) in [4.78, 5) is 30.6. The molecule has 0 bridgehead atoms. The Morgan fingerprint density at radius 1 is 1.18 bits per heavy atom. The Balaban J connectivity index is 1.55. The Labute approximate surface area is 166 Å². The maximum absolute atomic E-state index is 13.1. The van der Waals surface area contributed by atoms with Crippen molar-refractivity contribution in [1.29, 1.82) is 0 Å². The molecule has 0 spiro atoms. The zero-order valence-corrected chi connectivity index (χ0v) is 16.2. The Morgan fingerprint density at radius 2 is 1.93 bits per heavy atom. The smallest absolute Gasteiger partial charge is 0.244 e. The molecule has 0 fully saturated rings. The van der Waals surface area contributed by atoms with Crippen LogP contribution >= 0.6 is 11.8 Å². The van der Waals surface area contributed by atoms with Gasteiger partial charge in [-0.15, -0.1) is 10.2 Å². The van der Waals surface area contributed by atoms with Crippen LogP contribution in [0.15, 0.2) is 53.9 Å². The summed E-state index contributed by atoms with van der Waals surface area (Å²) in [5.41, 5.74) is 2.25. The number of carbonyl (C=O) groups excluding carboxylic acids is 2. The van der Waals surface area contributed by atoms with Crippen molar-refractivity contribution in [2.45, 2.75) is 17.3 Å². The first-order valence-corrected chi connectivity index (χ1v) is 9.59. The molecule has 142 valence electrons. The van der Waals surface area contributed by atoms with E-state index in [0.717, 1.165) is 5.56 Å². The Bertz CT molecular complexity index is 1040. The predicted octanol–water partition coefficient (Wildman–Crippen LogP) is 2.34. The fourth-order valence-electron chi connectivity index (χ4n) is 3.03. The number of thioether (sulfide) groups is 1. The third-order valence-corrected chi connectivity index (χ3v) is 5.56. The number of nitrogens with zero attached hydrogens (tertiary/aromatic N) is 5. The van der Waals surface area contributed by atoms with Crippen LogP contribution < -0.4 is 10.2 Å². The minimum Gasteiger partial charge on any atom is -0.323 e. The Kier molecular flexibility index (Phi) is 4.82. The standard InChI is InChI=1S/C19H18N6O2S/c1-12(18(27)25-11-16(26)21-14-5-3-4-6-15(14)25)28-19-23-22-17(24(19)2)13-7-9-20-10-8-13/h3-10,12H,11H2,1-2H3,(H,21,26)/t12-/m0/s1. The molecule has 8 nitrogen and oxygen atoms in total. The average Bonchev–Trinajstić information content (AvgIpc) is 3.07. The number of hydrogen-bond acceptors (Lipinski definition) is 6. The third kappa shape index (κ3) is 3.36. The van der Waals surface area contributed by atoms with Crippen LogP contribution in [0.2, 0.25) is 0 Å². The van der Waals surface area contributed by atoms with E-state index in [0.29, 0.717) is 22.4 Å². The molecule has 28 heavy (non-hydrogen) atoms. The van der Waals surface area contributed by atoms with Gasteiger partial charge in [-0.25, -0.2) is 0 Å². The van der Waals surface area contributed by atoms with Crippen LogP contribution in [0.25, 0.3) is 11.4 Å². The Hall–Kier alpha value is -3.20. The van der Waals surface area contributed by atoms with E-state index in [1.807, 2.05) is 48.9 Å². The second kappa shape index (κ2) is 7.43. The van der Waals surface area contributed by atoms with Crippen molar-refractivity contribution in [3.8, 4) is 11.4 Å². The largest absolute Gasteiger partial charge is 0.323 e. The molecular weight excluding hydrogens is 376 g/mol. The zero-order chi connectivity index (χ0) is 19.7. The first kappa shape index (κ1) is 18.2. The second-order valence-corrected chi connectivity index (χ2v) is 7.66. The molecule has 1 aromatic carbocycles. The molecule has 0 saturated heterocycles. The first-order chi connectivity index (χ1) is 13.5. The first-order valence-electron chi connectivity index (χ1n) is 8.71. The second-order valence-electron chi connectivity index (χ2n) is 6.35. The van der Waals surface area contributed by atoms with Gasteiger partial charge in [0, 0.05) is 25.0 Å². The lowest BCUT2D eigenvalue weighted by atomic mass is 10.2. The van der Waals surface area contributed by atoms with Crippen LogP contribution in [0, 0.1) is 0 Å². The predicted molar refractivity (Wildman–Crippen MR) is 107 cm³/mol. The van der Waals surface area contributed by atoms with Gasteiger partial charge in [0.05, 0.1) is 16.6 Å². The van der Waals surface area contributed by atoms with E-state index in [4.69, 9.17) is 0 Å². The van der Waals surface area contributed by atoms with Crippen molar-refractivity contribution in [3.05, 3.63) is 48.8 Å². The molecule has 2 amide bonds. The molecule has 1 N–H and O–H groups in total. The molecule has 3 aromatic rings. The van der Waals surface area contributed by atoms with Gasteiger partial charge >= 0.3 is 0 Å². The van der Waals surface area contributed by atoms with E-state index in [9.17, 15) is 9.59 Å². The highest BCUT2D eigenvalue weighted by Gasteiger charge is 2.30. The van der Waals surface area contributed by atoms with Gasteiger partial charge in [-0.05, 0) is 31.2 Å². The molecule has 0 radical (unpaired) electrons. The van der Waals surface area contributed by atoms with Gasteiger partial charge in [-0.1, -0.05) is 23.9 Å². The summed E-state index contributed by atoms with van der Waals surface area (Å²) in [6.45, 7) is 1.81. The van der Waals surface area contributed by atoms with E-state index in [1.165, 1.54) is 16.7 Å². The fourth-order valence-corrected chi connectivity index (χ4v) is 3.90. The van der Waals surface area contributed by atoms with Crippen LogP contribution in [0.4, 0.5) is 11.4 Å². The van der Waals surface area contributed by atoms with Crippen molar-refractivity contribution < 1.29 is 9.59 Å². The summed E-state index contributed by atoms with van der Waals surface area (Å²) in [6.07, 6.45) is 3.39. The lowest BCUT2D eigenvalue weighted by Gasteiger charge is -2.30. The number of fused-ring (bicyclic) bond motifs is 1. The summed E-state index contributed by atoms with van der Waals surface area (Å²) in [6, 6.07) is 11.0. The average molecular weight is 394 g/mol. The van der Waals surface area contributed by atoms with Gasteiger partial charge in [-0.2, -0.15) is 0 Å². The topological polar surface area (TPSA) is 93.0 Å². The molecule has 0 saturated carbocycles. The monoisotopic (exact) mass is 394 g/mol. The molecular formula is C19H18N6O2S. The summed E-state index contributed by atoms with van der Waals surface area (Å²) < 4.78 is 1.85. The SMILES string of the molecule is C[C@H](Sc1nnc(-c2ccncc2)n1C)C(=O)N1CC(=O)Nc2ccccc21. The summed E-state index contributed by atoms with van der Waals surface area (Å²) in [5, 5.41) is 11.4. The van der Waals surface area contributed by atoms with Gasteiger partial charge in [0.2, 0.25) is 11.8 Å². The van der Waals surface area contributed by atoms with Crippen LogP contribution in [0.3, 0.4) is 0 Å². The quantitative estimate of drug-likeness (QED) is 0.683. The lowest BCUT2D eigenvalue weighted by Crippen LogP contribution is -2.45. The number of anilines is 2. The number of rotatable bonds is 4. The van der Waals surface area contributed by atoms with E-state index in [2.05, 4.69) is 20.5 Å². The number of pyridine rings is 1. The third-order valence-electron chi connectivity index (χ3n) is 4.44. The highest BCUT2D eigenvalue weighted by molar-refractivity contribution is 8.00. The van der Waals surface area contributed by atoms with Crippen LogP contribution in [0.1, 0.15) is 6.92 Å². The highest BCUT2D eigenvalue weighted by Crippen LogP contribution is 2.32. The number of aromatic nitrogens is 4. The minimum atomic E-state index is -0.438. The van der Waals surface area contributed by atoms with Crippen LogP contribution in [0.5, 0.6) is 0 Å². The Morgan fingerprint density at radius 3 is 2.71 bits per heavy atom. The van der Waals surface area contributed by atoms with Crippen molar-refractivity contribution in [2.24, 2.45) is 7.05 Å². The molecule has 1 atom stereocenters. The minimum absolute atomic E-state index is 0.00181. The number of hydrogen-bond donors (Lipinski definition) is 1. The molecule has 1 aliphatic heterocycles. The summed E-state index contributed by atoms with van der Waals surface area (Å²) in [7, 11) is 1.86. The maximum atomic E-state index is 13.1. The zero-order valence-electron chi connectivity index (χ0n) is 15.4. The van der Waals surface area contributed by atoms with E-state index in [1.54, 1.807) is 18.5 Å². The van der Waals surface area contributed by atoms with Gasteiger partial charge in [0.25, 0.3) is 0 Å². The van der Waals surface area contributed by atoms with Gasteiger partial charge in [0.1, 0.15) is 6.54 Å².